The molecular weight excluding hydrogens is 441 g/mol. The van der Waals surface area contributed by atoms with Crippen molar-refractivity contribution in [1.29, 1.82) is 0 Å². The van der Waals surface area contributed by atoms with Crippen molar-refractivity contribution in [3.05, 3.63) is 59.7 Å². The number of aromatic nitrogens is 5. The van der Waals surface area contributed by atoms with Crippen molar-refractivity contribution in [2.45, 2.75) is 51.1 Å². The van der Waals surface area contributed by atoms with Gasteiger partial charge in [0.15, 0.2) is 5.78 Å². The predicted molar refractivity (Wildman–Crippen MR) is 121 cm³/mol. The molecule has 1 fully saturated rings. The lowest BCUT2D eigenvalue weighted by Crippen LogP contribution is -2.31. The van der Waals surface area contributed by atoms with E-state index in [1.165, 1.54) is 0 Å². The molecule has 4 N–H and O–H groups in total. The smallest absolute Gasteiger partial charge is 0.187 e. The number of para-hydroxylation sites is 1. The Balaban J connectivity index is 0.00000171. The number of nitrogens with zero attached hydrogens (tertiary/aromatic N) is 5. The summed E-state index contributed by atoms with van der Waals surface area (Å²) >= 11 is 0. The zero-order chi connectivity index (χ0) is 20.4. The molecule has 3 aromatic rings. The lowest BCUT2D eigenvalue weighted by Gasteiger charge is -2.16. The topological polar surface area (TPSA) is 127 Å². The van der Waals surface area contributed by atoms with Crippen molar-refractivity contribution in [2.75, 3.05) is 0 Å². The highest BCUT2D eigenvalue weighted by Crippen LogP contribution is 2.21. The van der Waals surface area contributed by atoms with Gasteiger partial charge in [-0.15, -0.1) is 29.9 Å². The second-order valence-corrected chi connectivity index (χ2v) is 7.44. The third-order valence-electron chi connectivity index (χ3n) is 5.34. The Morgan fingerprint density at radius 1 is 1.16 bits per heavy atom. The fraction of sp³-hybridized carbons (Fsp3) is 0.400. The molecule has 4 rings (SSSR count). The van der Waals surface area contributed by atoms with Gasteiger partial charge < -0.3 is 16.2 Å². The van der Waals surface area contributed by atoms with E-state index >= 15 is 0 Å². The number of benzene rings is 1. The number of carbonyl (C=O) groups excluding carboxylic acids is 1. The molecule has 1 saturated carbocycles. The maximum atomic E-state index is 12.9. The minimum Gasteiger partial charge on any atom is -0.370 e. The molecule has 168 valence electrons. The number of ether oxygens (including phenoxy) is 1. The molecule has 0 aliphatic heterocycles. The van der Waals surface area contributed by atoms with Crippen LogP contribution < -0.4 is 11.5 Å². The Hall–Kier alpha value is -2.30. The average molecular weight is 468 g/mol. The van der Waals surface area contributed by atoms with Gasteiger partial charge >= 0.3 is 0 Å². The van der Waals surface area contributed by atoms with E-state index < -0.39 is 0 Å². The van der Waals surface area contributed by atoms with Crippen molar-refractivity contribution >= 4 is 30.6 Å². The Bertz CT molecular complexity index is 993. The highest BCUT2D eigenvalue weighted by atomic mass is 35.5. The fourth-order valence-electron chi connectivity index (χ4n) is 3.71. The Morgan fingerprint density at radius 2 is 1.90 bits per heavy atom. The summed E-state index contributed by atoms with van der Waals surface area (Å²) in [4.78, 5) is 12.9. The minimum absolute atomic E-state index is 0. The van der Waals surface area contributed by atoms with Crippen LogP contribution in [0, 0.1) is 6.92 Å². The monoisotopic (exact) mass is 467 g/mol. The Labute approximate surface area is 192 Å². The van der Waals surface area contributed by atoms with Gasteiger partial charge in [-0.1, -0.05) is 23.4 Å². The summed E-state index contributed by atoms with van der Waals surface area (Å²) in [6, 6.07) is 9.70. The molecule has 0 unspecified atom stereocenters. The molecule has 2 heterocycles. The van der Waals surface area contributed by atoms with Crippen molar-refractivity contribution < 1.29 is 9.53 Å². The molecule has 0 radical (unpaired) electrons. The summed E-state index contributed by atoms with van der Waals surface area (Å²) in [5.74, 6) is -0.0870. The highest BCUT2D eigenvalue weighted by molar-refractivity contribution is 5.96. The lowest BCUT2D eigenvalue weighted by atomic mass is 10.1. The van der Waals surface area contributed by atoms with Crippen LogP contribution in [0.15, 0.2) is 42.7 Å². The summed E-state index contributed by atoms with van der Waals surface area (Å²) in [5, 5.41) is 12.3. The molecule has 0 bridgehead atoms. The SMILES string of the molecule is Cc1c(C(=O)Cn2nncc2CO[C@@H]2C[C@@H](N)C[C@H]2N)cnn1-c1ccccc1.Cl.Cl. The number of nitrogens with two attached hydrogens (primary N) is 2. The molecule has 3 atom stereocenters. The van der Waals surface area contributed by atoms with Crippen LogP contribution in [0.2, 0.25) is 0 Å². The Kier molecular flexibility index (Phi) is 8.72. The van der Waals surface area contributed by atoms with Crippen molar-refractivity contribution in [3.63, 3.8) is 0 Å². The van der Waals surface area contributed by atoms with Gasteiger partial charge in [0.05, 0.1) is 47.7 Å². The largest absolute Gasteiger partial charge is 0.370 e. The first-order valence-electron chi connectivity index (χ1n) is 9.66. The van der Waals surface area contributed by atoms with Crippen molar-refractivity contribution in [3.8, 4) is 5.69 Å². The number of hydrogen-bond acceptors (Lipinski definition) is 7. The van der Waals surface area contributed by atoms with Crippen LogP contribution in [0.25, 0.3) is 5.69 Å². The van der Waals surface area contributed by atoms with Crippen LogP contribution in [0.5, 0.6) is 0 Å². The van der Waals surface area contributed by atoms with E-state index in [9.17, 15) is 4.79 Å². The molecule has 1 aliphatic rings. The molecule has 2 aromatic heterocycles. The first-order chi connectivity index (χ1) is 14.0. The molecule has 31 heavy (non-hydrogen) atoms. The molecular formula is C20H27Cl2N7O2. The first-order valence-corrected chi connectivity index (χ1v) is 9.66. The molecule has 0 amide bonds. The van der Waals surface area contributed by atoms with E-state index in [1.807, 2.05) is 37.3 Å². The van der Waals surface area contributed by atoms with Gasteiger partial charge in [0.1, 0.15) is 6.54 Å². The highest BCUT2D eigenvalue weighted by Gasteiger charge is 2.30. The number of halogens is 2. The molecule has 9 nitrogen and oxygen atoms in total. The fourth-order valence-corrected chi connectivity index (χ4v) is 3.71. The number of Topliss-reactive ketones (excluding diaryl/α,β-unsaturated/α-hetero) is 1. The van der Waals surface area contributed by atoms with E-state index in [0.717, 1.165) is 29.9 Å². The van der Waals surface area contributed by atoms with Gasteiger partial charge in [-0.2, -0.15) is 5.10 Å². The summed E-state index contributed by atoms with van der Waals surface area (Å²) in [5.41, 5.74) is 15.0. The third kappa shape index (κ3) is 5.50. The van der Waals surface area contributed by atoms with Crippen LogP contribution in [0.3, 0.4) is 0 Å². The van der Waals surface area contributed by atoms with E-state index in [2.05, 4.69) is 15.4 Å². The molecule has 1 aliphatic carbocycles. The summed E-state index contributed by atoms with van der Waals surface area (Å²) in [6.45, 7) is 2.23. The van der Waals surface area contributed by atoms with E-state index in [0.29, 0.717) is 5.56 Å². The van der Waals surface area contributed by atoms with E-state index in [-0.39, 0.29) is 61.9 Å². The Morgan fingerprint density at radius 3 is 2.58 bits per heavy atom. The van der Waals surface area contributed by atoms with Gasteiger partial charge in [-0.05, 0) is 31.9 Å². The number of rotatable bonds is 7. The molecule has 0 spiro atoms. The second-order valence-electron chi connectivity index (χ2n) is 7.44. The van der Waals surface area contributed by atoms with Crippen molar-refractivity contribution in [2.24, 2.45) is 11.5 Å². The van der Waals surface area contributed by atoms with Gasteiger partial charge in [0.25, 0.3) is 0 Å². The van der Waals surface area contributed by atoms with Gasteiger partial charge in [0, 0.05) is 12.1 Å². The van der Waals surface area contributed by atoms with Crippen LogP contribution in [-0.4, -0.2) is 48.7 Å². The van der Waals surface area contributed by atoms with E-state index in [4.69, 9.17) is 16.2 Å². The van der Waals surface area contributed by atoms with Gasteiger partial charge in [-0.25, -0.2) is 9.36 Å². The summed E-state index contributed by atoms with van der Waals surface area (Å²) in [6.07, 6.45) is 4.60. The van der Waals surface area contributed by atoms with Crippen molar-refractivity contribution in [1.82, 2.24) is 24.8 Å². The first kappa shape index (κ1) is 25.0. The lowest BCUT2D eigenvalue weighted by molar-refractivity contribution is 0.0312. The van der Waals surface area contributed by atoms with Crippen LogP contribution in [0.4, 0.5) is 0 Å². The van der Waals surface area contributed by atoms with Crippen LogP contribution in [0.1, 0.15) is 34.6 Å². The second kappa shape index (κ2) is 10.8. The summed E-state index contributed by atoms with van der Waals surface area (Å²) in [7, 11) is 0. The molecule has 0 saturated heterocycles. The zero-order valence-electron chi connectivity index (χ0n) is 17.1. The van der Waals surface area contributed by atoms with E-state index in [1.54, 1.807) is 21.8 Å². The number of hydrogen-bond donors (Lipinski definition) is 2. The predicted octanol–water partition coefficient (Wildman–Crippen LogP) is 1.83. The number of carbonyl (C=O) groups is 1. The number of ketones is 1. The van der Waals surface area contributed by atoms with Crippen LogP contribution >= 0.6 is 24.8 Å². The maximum Gasteiger partial charge on any atom is 0.187 e. The zero-order valence-corrected chi connectivity index (χ0v) is 18.8. The van der Waals surface area contributed by atoms with Gasteiger partial charge in [0.2, 0.25) is 0 Å². The molecule has 1 aromatic carbocycles. The molecule has 11 heteroatoms. The maximum absolute atomic E-state index is 12.9. The minimum atomic E-state index is -0.0876. The average Bonchev–Trinajstić information content (AvgIpc) is 3.39. The summed E-state index contributed by atoms with van der Waals surface area (Å²) < 4.78 is 9.22. The quantitative estimate of drug-likeness (QED) is 0.507. The standard InChI is InChI=1S/C20H25N7O2.2ClH/c1-13-17(10-24-27(13)15-5-3-2-4-6-15)19(28)11-26-16(9-23-25-26)12-29-20-8-14(21)7-18(20)22;;/h2-6,9-10,14,18,20H,7-8,11-12,21-22H2,1H3;2*1H/t14-,18+,20+;;/m0../s1. The normalized spacial score (nSPS) is 20.2. The third-order valence-corrected chi connectivity index (χ3v) is 5.34. The van der Waals surface area contributed by atoms with Crippen LogP contribution in [-0.2, 0) is 17.9 Å². The van der Waals surface area contributed by atoms with Gasteiger partial charge in [-0.3, -0.25) is 4.79 Å².